The molecule has 0 bridgehead atoms. The van der Waals surface area contributed by atoms with Gasteiger partial charge in [0.25, 0.3) is 5.91 Å². The van der Waals surface area contributed by atoms with Crippen molar-refractivity contribution in [3.05, 3.63) is 35.9 Å². The topological polar surface area (TPSA) is 41.6 Å². The fourth-order valence-electron chi connectivity index (χ4n) is 2.31. The number of epoxide rings is 1. The number of hydrogen-bond donors (Lipinski definition) is 1. The van der Waals surface area contributed by atoms with Crippen molar-refractivity contribution in [1.82, 2.24) is 5.32 Å². The van der Waals surface area contributed by atoms with Crippen LogP contribution in [0.5, 0.6) is 0 Å². The number of hydrogen-bond acceptors (Lipinski definition) is 2. The summed E-state index contributed by atoms with van der Waals surface area (Å²) in [4.78, 5) is 11.6. The fraction of sp³-hybridized carbons (Fsp3) is 0.417. The predicted octanol–water partition coefficient (Wildman–Crippen LogP) is 1.41. The first-order valence-corrected chi connectivity index (χ1v) is 5.22. The number of carbonyl (C=O) groups is 1. The van der Waals surface area contributed by atoms with Gasteiger partial charge in [0.05, 0.1) is 6.04 Å². The molecule has 1 N–H and O–H groups in total. The van der Waals surface area contributed by atoms with Crippen molar-refractivity contribution in [3.8, 4) is 0 Å². The average Bonchev–Trinajstić information content (AvgIpc) is 2.92. The second-order valence-electron chi connectivity index (χ2n) is 4.49. The molecule has 2 saturated heterocycles. The van der Waals surface area contributed by atoms with Crippen LogP contribution in [-0.4, -0.2) is 17.6 Å². The van der Waals surface area contributed by atoms with Gasteiger partial charge in [-0.15, -0.1) is 0 Å². The Morgan fingerprint density at radius 2 is 2.13 bits per heavy atom. The lowest BCUT2D eigenvalue weighted by Gasteiger charge is -2.24. The summed E-state index contributed by atoms with van der Waals surface area (Å²) in [7, 11) is 0. The van der Waals surface area contributed by atoms with E-state index in [1.165, 1.54) is 0 Å². The van der Waals surface area contributed by atoms with Crippen LogP contribution in [0.1, 0.15) is 24.9 Å². The van der Waals surface area contributed by atoms with E-state index in [2.05, 4.69) is 5.32 Å². The highest BCUT2D eigenvalue weighted by Gasteiger charge is 2.61. The van der Waals surface area contributed by atoms with Crippen LogP contribution in [0.3, 0.4) is 0 Å². The molecule has 0 saturated carbocycles. The molecule has 1 amide bonds. The standard InChI is InChI=1S/C12H13NO2/c1-12-7-9(8-5-3-2-4-6-8)13-11(14)10(12)15-12/h2-6,9-10H,7H2,1H3,(H,13,14)/t9-,10-,12+/m0/s1. The molecule has 3 rings (SSSR count). The third-order valence-electron chi connectivity index (χ3n) is 3.25. The summed E-state index contributed by atoms with van der Waals surface area (Å²) in [5, 5.41) is 2.99. The molecule has 0 aliphatic carbocycles. The van der Waals surface area contributed by atoms with Gasteiger partial charge in [0.15, 0.2) is 6.10 Å². The quantitative estimate of drug-likeness (QED) is 0.701. The maximum Gasteiger partial charge on any atom is 0.252 e. The van der Waals surface area contributed by atoms with Crippen LogP contribution in [0.4, 0.5) is 0 Å². The Labute approximate surface area is 88.4 Å². The van der Waals surface area contributed by atoms with Gasteiger partial charge in [-0.25, -0.2) is 0 Å². The first kappa shape index (κ1) is 8.92. The third-order valence-corrected chi connectivity index (χ3v) is 3.25. The molecule has 2 heterocycles. The minimum atomic E-state index is -0.219. The summed E-state index contributed by atoms with van der Waals surface area (Å²) in [5.74, 6) is 0.0256. The van der Waals surface area contributed by atoms with Gasteiger partial charge in [-0.1, -0.05) is 30.3 Å². The van der Waals surface area contributed by atoms with Crippen LogP contribution in [0, 0.1) is 0 Å². The minimum Gasteiger partial charge on any atom is -0.356 e. The first-order chi connectivity index (χ1) is 7.19. The molecule has 2 aliphatic heterocycles. The molecule has 15 heavy (non-hydrogen) atoms. The van der Waals surface area contributed by atoms with E-state index < -0.39 is 0 Å². The Morgan fingerprint density at radius 1 is 1.40 bits per heavy atom. The minimum absolute atomic E-state index is 0.0256. The number of fused-ring (bicyclic) bond motifs is 1. The van der Waals surface area contributed by atoms with Crippen LogP contribution < -0.4 is 5.32 Å². The molecule has 2 aliphatic rings. The number of carbonyl (C=O) groups excluding carboxylic acids is 1. The highest BCUT2D eigenvalue weighted by Crippen LogP contribution is 2.46. The van der Waals surface area contributed by atoms with E-state index in [0.29, 0.717) is 0 Å². The molecule has 3 atom stereocenters. The molecule has 0 spiro atoms. The van der Waals surface area contributed by atoms with Crippen LogP contribution in [-0.2, 0) is 9.53 Å². The number of piperidine rings is 1. The molecule has 0 radical (unpaired) electrons. The van der Waals surface area contributed by atoms with Crippen LogP contribution >= 0.6 is 0 Å². The van der Waals surface area contributed by atoms with Crippen molar-refractivity contribution in [3.63, 3.8) is 0 Å². The second kappa shape index (κ2) is 2.83. The Morgan fingerprint density at radius 3 is 2.80 bits per heavy atom. The Bertz CT molecular complexity index is 403. The summed E-state index contributed by atoms with van der Waals surface area (Å²) in [5.41, 5.74) is 0.934. The van der Waals surface area contributed by atoms with Crippen molar-refractivity contribution < 1.29 is 9.53 Å². The third kappa shape index (κ3) is 1.35. The molecule has 1 aromatic rings. The van der Waals surface area contributed by atoms with E-state index in [9.17, 15) is 4.79 Å². The zero-order chi connectivity index (χ0) is 10.5. The molecule has 78 valence electrons. The zero-order valence-corrected chi connectivity index (χ0v) is 8.57. The largest absolute Gasteiger partial charge is 0.356 e. The highest BCUT2D eigenvalue weighted by molar-refractivity contribution is 5.86. The molecule has 0 unspecified atom stereocenters. The number of rotatable bonds is 1. The Kier molecular flexibility index (Phi) is 1.68. The lowest BCUT2D eigenvalue weighted by atomic mass is 9.89. The summed E-state index contributed by atoms with van der Waals surface area (Å²) in [6.45, 7) is 2.01. The van der Waals surface area contributed by atoms with Gasteiger partial charge in [0.1, 0.15) is 5.60 Å². The number of ether oxygens (including phenoxy) is 1. The summed E-state index contributed by atoms with van der Waals surface area (Å²) in [6.07, 6.45) is 0.658. The van der Waals surface area contributed by atoms with Gasteiger partial charge in [-0.3, -0.25) is 4.79 Å². The summed E-state index contributed by atoms with van der Waals surface area (Å²) >= 11 is 0. The van der Waals surface area contributed by atoms with E-state index in [1.54, 1.807) is 0 Å². The molecular weight excluding hydrogens is 190 g/mol. The molecule has 0 aromatic heterocycles. The molecule has 1 aromatic carbocycles. The van der Waals surface area contributed by atoms with Gasteiger partial charge < -0.3 is 10.1 Å². The molecule has 3 heteroatoms. The van der Waals surface area contributed by atoms with E-state index >= 15 is 0 Å². The van der Waals surface area contributed by atoms with Gasteiger partial charge in [0.2, 0.25) is 0 Å². The van der Waals surface area contributed by atoms with E-state index in [0.717, 1.165) is 12.0 Å². The van der Waals surface area contributed by atoms with Crippen LogP contribution in [0.15, 0.2) is 30.3 Å². The number of benzene rings is 1. The number of amides is 1. The lowest BCUT2D eigenvalue weighted by molar-refractivity contribution is -0.123. The van der Waals surface area contributed by atoms with Gasteiger partial charge in [-0.05, 0) is 12.5 Å². The predicted molar refractivity (Wildman–Crippen MR) is 55.2 cm³/mol. The SMILES string of the molecule is C[C@@]12C[C@@H](c3ccccc3)NC(=O)[C@@H]1O2. The average molecular weight is 203 g/mol. The van der Waals surface area contributed by atoms with Crippen molar-refractivity contribution in [2.24, 2.45) is 0 Å². The van der Waals surface area contributed by atoms with E-state index in [1.807, 2.05) is 37.3 Å². The Hall–Kier alpha value is -1.35. The fourth-order valence-corrected chi connectivity index (χ4v) is 2.31. The zero-order valence-electron chi connectivity index (χ0n) is 8.57. The number of nitrogens with one attached hydrogen (secondary N) is 1. The van der Waals surface area contributed by atoms with Crippen LogP contribution in [0.25, 0.3) is 0 Å². The van der Waals surface area contributed by atoms with Gasteiger partial charge in [0, 0.05) is 6.42 Å². The highest BCUT2D eigenvalue weighted by atomic mass is 16.6. The summed E-state index contributed by atoms with van der Waals surface area (Å²) < 4.78 is 5.42. The van der Waals surface area contributed by atoms with E-state index in [4.69, 9.17) is 4.74 Å². The second-order valence-corrected chi connectivity index (χ2v) is 4.49. The van der Waals surface area contributed by atoms with Gasteiger partial charge in [-0.2, -0.15) is 0 Å². The van der Waals surface area contributed by atoms with Crippen molar-refractivity contribution >= 4 is 5.91 Å². The normalized spacial score (nSPS) is 38.1. The maximum atomic E-state index is 11.6. The molecular formula is C12H13NO2. The van der Waals surface area contributed by atoms with Crippen molar-refractivity contribution in [2.75, 3.05) is 0 Å². The monoisotopic (exact) mass is 203 g/mol. The van der Waals surface area contributed by atoms with Crippen LogP contribution in [0.2, 0.25) is 0 Å². The Balaban J connectivity index is 1.87. The first-order valence-electron chi connectivity index (χ1n) is 5.22. The summed E-state index contributed by atoms with van der Waals surface area (Å²) in [6, 6.07) is 10.1. The smallest absolute Gasteiger partial charge is 0.252 e. The molecule has 2 fully saturated rings. The van der Waals surface area contributed by atoms with Crippen molar-refractivity contribution in [1.29, 1.82) is 0 Å². The lowest BCUT2D eigenvalue weighted by Crippen LogP contribution is -2.41. The molecule has 3 nitrogen and oxygen atoms in total. The van der Waals surface area contributed by atoms with Gasteiger partial charge >= 0.3 is 0 Å². The van der Waals surface area contributed by atoms with Crippen molar-refractivity contribution in [2.45, 2.75) is 31.1 Å². The van der Waals surface area contributed by atoms with E-state index in [-0.39, 0.29) is 23.7 Å². The maximum absolute atomic E-state index is 11.6.